The van der Waals surface area contributed by atoms with E-state index < -0.39 is 0 Å². The Hall–Kier alpha value is -1.10. The zero-order valence-corrected chi connectivity index (χ0v) is 10.7. The van der Waals surface area contributed by atoms with Gasteiger partial charge in [0.2, 0.25) is 5.91 Å². The van der Waals surface area contributed by atoms with Crippen LogP contribution in [0.25, 0.3) is 0 Å². The van der Waals surface area contributed by atoms with Crippen LogP contribution >= 0.6 is 0 Å². The van der Waals surface area contributed by atoms with Crippen LogP contribution in [0.1, 0.15) is 38.5 Å². The SMILES string of the molecule is CN(C)C(=O)CCCOC1CCC(=NO)CC1. The molecule has 17 heavy (non-hydrogen) atoms. The summed E-state index contributed by atoms with van der Waals surface area (Å²) in [4.78, 5) is 12.9. The number of hydrogen-bond acceptors (Lipinski definition) is 4. The molecule has 5 nitrogen and oxygen atoms in total. The van der Waals surface area contributed by atoms with Gasteiger partial charge in [0.15, 0.2) is 0 Å². The second-order valence-electron chi connectivity index (χ2n) is 4.63. The van der Waals surface area contributed by atoms with Gasteiger partial charge in [-0.1, -0.05) is 5.16 Å². The molecule has 0 aliphatic heterocycles. The lowest BCUT2D eigenvalue weighted by molar-refractivity contribution is -0.129. The first-order chi connectivity index (χ1) is 8.13. The van der Waals surface area contributed by atoms with E-state index in [-0.39, 0.29) is 12.0 Å². The Balaban J connectivity index is 2.06. The first-order valence-corrected chi connectivity index (χ1v) is 6.15. The Labute approximate surface area is 102 Å². The lowest BCUT2D eigenvalue weighted by Crippen LogP contribution is -2.24. The van der Waals surface area contributed by atoms with Crippen LogP contribution in [0, 0.1) is 0 Å². The summed E-state index contributed by atoms with van der Waals surface area (Å²) in [6.45, 7) is 0.635. The van der Waals surface area contributed by atoms with E-state index in [9.17, 15) is 4.79 Å². The number of nitrogens with zero attached hydrogens (tertiary/aromatic N) is 2. The van der Waals surface area contributed by atoms with E-state index in [0.717, 1.165) is 37.8 Å². The maximum Gasteiger partial charge on any atom is 0.222 e. The summed E-state index contributed by atoms with van der Waals surface area (Å²) in [6, 6.07) is 0. The molecule has 0 saturated heterocycles. The van der Waals surface area contributed by atoms with Crippen molar-refractivity contribution < 1.29 is 14.7 Å². The van der Waals surface area contributed by atoms with E-state index in [1.165, 1.54) is 0 Å². The van der Waals surface area contributed by atoms with E-state index in [4.69, 9.17) is 9.94 Å². The predicted octanol–water partition coefficient (Wildman–Crippen LogP) is 1.64. The van der Waals surface area contributed by atoms with Gasteiger partial charge in [-0.25, -0.2) is 0 Å². The second kappa shape index (κ2) is 7.27. The molecule has 5 heteroatoms. The minimum Gasteiger partial charge on any atom is -0.411 e. The minimum absolute atomic E-state index is 0.145. The van der Waals surface area contributed by atoms with Gasteiger partial charge in [0.05, 0.1) is 11.8 Å². The molecule has 0 heterocycles. The molecule has 1 saturated carbocycles. The van der Waals surface area contributed by atoms with Gasteiger partial charge in [-0.05, 0) is 32.1 Å². The molecule has 0 bridgehead atoms. The van der Waals surface area contributed by atoms with Crippen LogP contribution in [-0.2, 0) is 9.53 Å². The Kier molecular flexibility index (Phi) is 5.97. The van der Waals surface area contributed by atoms with Gasteiger partial charge in [0.1, 0.15) is 0 Å². The van der Waals surface area contributed by atoms with Crippen molar-refractivity contribution in [3.8, 4) is 0 Å². The fraction of sp³-hybridized carbons (Fsp3) is 0.833. The molecule has 1 aliphatic carbocycles. The van der Waals surface area contributed by atoms with E-state index in [2.05, 4.69) is 5.16 Å². The molecule has 1 aliphatic rings. The average molecular weight is 242 g/mol. The number of oxime groups is 1. The summed E-state index contributed by atoms with van der Waals surface area (Å²) in [7, 11) is 3.53. The Morgan fingerprint density at radius 2 is 2.12 bits per heavy atom. The van der Waals surface area contributed by atoms with Crippen LogP contribution in [0.15, 0.2) is 5.16 Å². The van der Waals surface area contributed by atoms with E-state index in [1.54, 1.807) is 19.0 Å². The van der Waals surface area contributed by atoms with Crippen LogP contribution in [0.4, 0.5) is 0 Å². The standard InChI is InChI=1S/C12H22N2O3/c1-14(2)12(15)4-3-9-17-11-7-5-10(13-16)6-8-11/h11,16H,3-9H2,1-2H3. The van der Waals surface area contributed by atoms with E-state index >= 15 is 0 Å². The number of amides is 1. The fourth-order valence-corrected chi connectivity index (χ4v) is 1.89. The number of carbonyl (C=O) groups excluding carboxylic acids is 1. The second-order valence-corrected chi connectivity index (χ2v) is 4.63. The molecule has 0 radical (unpaired) electrons. The highest BCUT2D eigenvalue weighted by Crippen LogP contribution is 2.19. The third-order valence-corrected chi connectivity index (χ3v) is 3.04. The highest BCUT2D eigenvalue weighted by molar-refractivity contribution is 5.84. The lowest BCUT2D eigenvalue weighted by Gasteiger charge is -2.22. The Morgan fingerprint density at radius 1 is 1.47 bits per heavy atom. The van der Waals surface area contributed by atoms with Crippen molar-refractivity contribution in [3.05, 3.63) is 0 Å². The van der Waals surface area contributed by atoms with E-state index in [1.807, 2.05) is 0 Å². The quantitative estimate of drug-likeness (QED) is 0.453. The van der Waals surface area contributed by atoms with Crippen molar-refractivity contribution in [2.75, 3.05) is 20.7 Å². The van der Waals surface area contributed by atoms with Crippen LogP contribution in [0.5, 0.6) is 0 Å². The lowest BCUT2D eigenvalue weighted by atomic mass is 9.96. The Bertz CT molecular complexity index is 267. The van der Waals surface area contributed by atoms with E-state index in [0.29, 0.717) is 13.0 Å². The molecule has 1 fully saturated rings. The van der Waals surface area contributed by atoms with Crippen LogP contribution in [0.2, 0.25) is 0 Å². The van der Waals surface area contributed by atoms with Gasteiger partial charge >= 0.3 is 0 Å². The molecule has 1 amide bonds. The number of carbonyl (C=O) groups is 1. The summed E-state index contributed by atoms with van der Waals surface area (Å²) >= 11 is 0. The average Bonchev–Trinajstić information content (AvgIpc) is 2.35. The molecule has 1 N–H and O–H groups in total. The summed E-state index contributed by atoms with van der Waals surface area (Å²) in [5.41, 5.74) is 0.868. The molecule has 0 atom stereocenters. The van der Waals surface area contributed by atoms with Gasteiger partial charge < -0.3 is 14.8 Å². The van der Waals surface area contributed by atoms with Crippen molar-refractivity contribution in [1.29, 1.82) is 0 Å². The summed E-state index contributed by atoms with van der Waals surface area (Å²) in [5.74, 6) is 0.145. The zero-order chi connectivity index (χ0) is 12.7. The summed E-state index contributed by atoms with van der Waals surface area (Å²) < 4.78 is 5.70. The largest absolute Gasteiger partial charge is 0.411 e. The molecule has 98 valence electrons. The molecule has 0 spiro atoms. The molecular weight excluding hydrogens is 220 g/mol. The van der Waals surface area contributed by atoms with Gasteiger partial charge in [0.25, 0.3) is 0 Å². The smallest absolute Gasteiger partial charge is 0.222 e. The van der Waals surface area contributed by atoms with Crippen LogP contribution < -0.4 is 0 Å². The predicted molar refractivity (Wildman–Crippen MR) is 65.4 cm³/mol. The fourth-order valence-electron chi connectivity index (χ4n) is 1.89. The topological polar surface area (TPSA) is 62.1 Å². The first-order valence-electron chi connectivity index (χ1n) is 6.15. The zero-order valence-electron chi connectivity index (χ0n) is 10.7. The minimum atomic E-state index is 0.145. The van der Waals surface area contributed by atoms with Crippen molar-refractivity contribution in [2.45, 2.75) is 44.6 Å². The van der Waals surface area contributed by atoms with Crippen molar-refractivity contribution in [1.82, 2.24) is 4.90 Å². The molecular formula is C12H22N2O3. The molecule has 0 aromatic carbocycles. The van der Waals surface area contributed by atoms with Crippen molar-refractivity contribution in [3.63, 3.8) is 0 Å². The monoisotopic (exact) mass is 242 g/mol. The maximum atomic E-state index is 11.3. The highest BCUT2D eigenvalue weighted by Gasteiger charge is 2.18. The number of ether oxygens (including phenoxy) is 1. The number of hydrogen-bond donors (Lipinski definition) is 1. The third-order valence-electron chi connectivity index (χ3n) is 3.04. The van der Waals surface area contributed by atoms with Crippen molar-refractivity contribution >= 4 is 11.6 Å². The highest BCUT2D eigenvalue weighted by atomic mass is 16.5. The molecule has 0 aromatic rings. The third kappa shape index (κ3) is 5.17. The summed E-state index contributed by atoms with van der Waals surface area (Å²) in [6.07, 6.45) is 5.05. The van der Waals surface area contributed by atoms with Gasteiger partial charge in [-0.15, -0.1) is 0 Å². The molecule has 1 rings (SSSR count). The molecule has 0 aromatic heterocycles. The van der Waals surface area contributed by atoms with Gasteiger partial charge in [-0.3, -0.25) is 4.79 Å². The number of rotatable bonds is 5. The van der Waals surface area contributed by atoms with Gasteiger partial charge in [0, 0.05) is 27.1 Å². The summed E-state index contributed by atoms with van der Waals surface area (Å²) in [5, 5.41) is 11.8. The van der Waals surface area contributed by atoms with Crippen LogP contribution in [-0.4, -0.2) is 48.5 Å². The Morgan fingerprint density at radius 3 is 2.65 bits per heavy atom. The first kappa shape index (κ1) is 14.0. The molecule has 0 unspecified atom stereocenters. The van der Waals surface area contributed by atoms with Crippen molar-refractivity contribution in [2.24, 2.45) is 5.16 Å². The normalized spacial score (nSPS) is 20.1. The van der Waals surface area contributed by atoms with Crippen LogP contribution in [0.3, 0.4) is 0 Å². The maximum absolute atomic E-state index is 11.3. The van der Waals surface area contributed by atoms with Gasteiger partial charge in [-0.2, -0.15) is 0 Å².